The minimum Gasteiger partial charge on any atom is -0.432 e. The number of ether oxygens (including phenoxy) is 1. The summed E-state index contributed by atoms with van der Waals surface area (Å²) < 4.78 is 27.1. The van der Waals surface area contributed by atoms with E-state index in [0.29, 0.717) is 6.61 Å². The molecule has 0 aliphatic carbocycles. The lowest BCUT2D eigenvalue weighted by Crippen LogP contribution is -2.41. The second-order valence-electron chi connectivity index (χ2n) is 10.2. The first-order valence-electron chi connectivity index (χ1n) is 12.5. The molecule has 1 aromatic carbocycles. The van der Waals surface area contributed by atoms with E-state index in [2.05, 4.69) is 64.7 Å². The van der Waals surface area contributed by atoms with Gasteiger partial charge in [0, 0.05) is 18.6 Å². The summed E-state index contributed by atoms with van der Waals surface area (Å²) in [5, 5.41) is 5.77. The van der Waals surface area contributed by atoms with Crippen molar-refractivity contribution in [2.24, 2.45) is 0 Å². The van der Waals surface area contributed by atoms with Crippen molar-refractivity contribution in [3.05, 3.63) is 35.4 Å². The van der Waals surface area contributed by atoms with Crippen LogP contribution in [-0.2, 0) is 18.7 Å². The Labute approximate surface area is 199 Å². The fourth-order valence-corrected chi connectivity index (χ4v) is 4.85. The van der Waals surface area contributed by atoms with Gasteiger partial charge in [-0.2, -0.15) is 5.10 Å². The molecule has 3 heterocycles. The smallest absolute Gasteiger partial charge is 0.432 e. The Morgan fingerprint density at radius 3 is 2.52 bits per heavy atom. The molecule has 0 amide bonds. The predicted octanol–water partition coefficient (Wildman–Crippen LogP) is 5.73. The molecule has 1 aromatic heterocycles. The van der Waals surface area contributed by atoms with Crippen LogP contribution in [0.1, 0.15) is 79.0 Å². The molecule has 0 bridgehead atoms. The fraction of sp³-hybridized carbons (Fsp3) is 0.640. The Morgan fingerprint density at radius 1 is 1.18 bits per heavy atom. The molecular formula is C25H38B2N2O4. The zero-order valence-corrected chi connectivity index (χ0v) is 21.3. The van der Waals surface area contributed by atoms with Gasteiger partial charge < -0.3 is 18.7 Å². The van der Waals surface area contributed by atoms with Gasteiger partial charge in [0.25, 0.3) is 0 Å². The molecule has 1 atom stereocenters. The Hall–Kier alpha value is -1.60. The van der Waals surface area contributed by atoms with Gasteiger partial charge in [0.1, 0.15) is 0 Å². The Balaban J connectivity index is 1.79. The summed E-state index contributed by atoms with van der Waals surface area (Å²) in [4.78, 5) is 0. The molecule has 178 valence electrons. The molecular weight excluding hydrogens is 414 g/mol. The standard InChI is InChI=1S/C25H38B2N2O4/c1-8-20(26(7)31-9-2)23(27-32-24(3,4)25(5,6)33-27)18-13-14-21-19(16-18)17-28-29(21)22-12-10-11-15-30-22/h13-14,16-17,22H,8-12,15H2,1-7H3/b23-20-. The molecule has 2 fully saturated rings. The van der Waals surface area contributed by atoms with Gasteiger partial charge in [0.05, 0.1) is 22.9 Å². The van der Waals surface area contributed by atoms with Crippen molar-refractivity contribution < 1.29 is 18.7 Å². The number of benzene rings is 1. The van der Waals surface area contributed by atoms with Crippen LogP contribution in [-0.4, -0.2) is 48.2 Å². The van der Waals surface area contributed by atoms with Crippen molar-refractivity contribution in [1.29, 1.82) is 0 Å². The molecule has 0 N–H and O–H groups in total. The van der Waals surface area contributed by atoms with E-state index in [4.69, 9.17) is 18.7 Å². The van der Waals surface area contributed by atoms with E-state index in [9.17, 15) is 0 Å². The van der Waals surface area contributed by atoms with Crippen LogP contribution in [0.2, 0.25) is 6.82 Å². The highest BCUT2D eigenvalue weighted by molar-refractivity contribution is 6.75. The molecule has 2 aliphatic rings. The number of nitrogens with zero attached hydrogens (tertiary/aromatic N) is 2. The number of hydrogen-bond donors (Lipinski definition) is 0. The van der Waals surface area contributed by atoms with E-state index in [1.807, 2.05) is 17.8 Å². The topological polar surface area (TPSA) is 54.7 Å². The van der Waals surface area contributed by atoms with Crippen molar-refractivity contribution in [1.82, 2.24) is 9.78 Å². The number of aromatic nitrogens is 2. The van der Waals surface area contributed by atoms with E-state index < -0.39 is 18.3 Å². The van der Waals surface area contributed by atoms with Crippen LogP contribution >= 0.6 is 0 Å². The first-order chi connectivity index (χ1) is 15.7. The molecule has 0 spiro atoms. The van der Waals surface area contributed by atoms with Crippen molar-refractivity contribution in [2.75, 3.05) is 13.2 Å². The van der Waals surface area contributed by atoms with Crippen molar-refractivity contribution >= 4 is 30.4 Å². The molecule has 2 saturated heterocycles. The van der Waals surface area contributed by atoms with E-state index in [0.717, 1.165) is 47.8 Å². The van der Waals surface area contributed by atoms with Crippen LogP contribution in [0.5, 0.6) is 0 Å². The molecule has 8 heteroatoms. The largest absolute Gasteiger partial charge is 0.494 e. The zero-order chi connectivity index (χ0) is 23.8. The van der Waals surface area contributed by atoms with Crippen LogP contribution in [0, 0.1) is 0 Å². The summed E-state index contributed by atoms with van der Waals surface area (Å²) in [5.41, 5.74) is 3.63. The SMILES string of the molecule is CCOB(C)/C(CC)=C(\B1OC(C)(C)C(C)(C)O1)c1ccc2c(cnn2C2CCCCO2)c1. The fourth-order valence-electron chi connectivity index (χ4n) is 4.85. The second kappa shape index (κ2) is 9.57. The highest BCUT2D eigenvalue weighted by Gasteiger charge is 2.53. The van der Waals surface area contributed by atoms with Crippen LogP contribution in [0.15, 0.2) is 29.9 Å². The Kier molecular flexibility index (Phi) is 7.11. The van der Waals surface area contributed by atoms with Gasteiger partial charge in [-0.1, -0.05) is 25.3 Å². The maximum absolute atomic E-state index is 6.53. The van der Waals surface area contributed by atoms with Gasteiger partial charge in [0.15, 0.2) is 6.23 Å². The quantitative estimate of drug-likeness (QED) is 0.503. The van der Waals surface area contributed by atoms with E-state index in [1.165, 1.54) is 11.9 Å². The number of fused-ring (bicyclic) bond motifs is 1. The third kappa shape index (κ3) is 4.68. The molecule has 6 nitrogen and oxygen atoms in total. The molecule has 1 unspecified atom stereocenters. The summed E-state index contributed by atoms with van der Waals surface area (Å²) in [6.45, 7) is 16.1. The average Bonchev–Trinajstić information content (AvgIpc) is 3.29. The summed E-state index contributed by atoms with van der Waals surface area (Å²) in [6, 6.07) is 6.52. The zero-order valence-electron chi connectivity index (χ0n) is 21.3. The third-order valence-corrected chi connectivity index (χ3v) is 7.46. The average molecular weight is 452 g/mol. The summed E-state index contributed by atoms with van der Waals surface area (Å²) >= 11 is 0. The Bertz CT molecular complexity index is 995. The lowest BCUT2D eigenvalue weighted by atomic mass is 9.54. The maximum atomic E-state index is 6.53. The van der Waals surface area contributed by atoms with Gasteiger partial charge >= 0.3 is 14.0 Å². The van der Waals surface area contributed by atoms with E-state index in [1.54, 1.807) is 0 Å². The lowest BCUT2D eigenvalue weighted by molar-refractivity contribution is -0.0366. The molecule has 2 aromatic rings. The monoisotopic (exact) mass is 452 g/mol. The van der Waals surface area contributed by atoms with Crippen molar-refractivity contribution in [2.45, 2.75) is 91.5 Å². The predicted molar refractivity (Wildman–Crippen MR) is 135 cm³/mol. The summed E-state index contributed by atoms with van der Waals surface area (Å²) in [7, 11) is -0.456. The molecule has 0 radical (unpaired) electrons. The van der Waals surface area contributed by atoms with E-state index in [-0.39, 0.29) is 13.1 Å². The van der Waals surface area contributed by atoms with Crippen molar-refractivity contribution in [3.63, 3.8) is 0 Å². The van der Waals surface area contributed by atoms with Gasteiger partial charge in [0.2, 0.25) is 0 Å². The molecule has 0 saturated carbocycles. The first-order valence-corrected chi connectivity index (χ1v) is 12.5. The number of rotatable bonds is 7. The third-order valence-electron chi connectivity index (χ3n) is 7.46. The summed E-state index contributed by atoms with van der Waals surface area (Å²) in [5.74, 6) is 0. The minimum atomic E-state index is -0.456. The number of allylic oxidation sites excluding steroid dienone is 1. The van der Waals surface area contributed by atoms with E-state index >= 15 is 0 Å². The van der Waals surface area contributed by atoms with Crippen LogP contribution < -0.4 is 0 Å². The maximum Gasteiger partial charge on any atom is 0.494 e. The second-order valence-corrected chi connectivity index (χ2v) is 10.2. The van der Waals surface area contributed by atoms with Crippen LogP contribution in [0.4, 0.5) is 0 Å². The Morgan fingerprint density at radius 2 is 1.91 bits per heavy atom. The molecule has 2 aliphatic heterocycles. The molecule has 4 rings (SSSR count). The minimum absolute atomic E-state index is 0.0180. The number of hydrogen-bond acceptors (Lipinski definition) is 5. The lowest BCUT2D eigenvalue weighted by Gasteiger charge is -2.32. The highest BCUT2D eigenvalue weighted by Crippen LogP contribution is 2.42. The molecule has 33 heavy (non-hydrogen) atoms. The van der Waals surface area contributed by atoms with Crippen LogP contribution in [0.3, 0.4) is 0 Å². The van der Waals surface area contributed by atoms with Gasteiger partial charge in [-0.3, -0.25) is 0 Å². The van der Waals surface area contributed by atoms with Crippen LogP contribution in [0.25, 0.3) is 16.4 Å². The van der Waals surface area contributed by atoms with Gasteiger partial charge in [-0.05, 0) is 83.5 Å². The van der Waals surface area contributed by atoms with Crippen molar-refractivity contribution in [3.8, 4) is 0 Å². The highest BCUT2D eigenvalue weighted by atomic mass is 16.7. The normalized spacial score (nSPS) is 23.1. The summed E-state index contributed by atoms with van der Waals surface area (Å²) in [6.07, 6.45) is 6.12. The van der Waals surface area contributed by atoms with Gasteiger partial charge in [-0.15, -0.1) is 0 Å². The van der Waals surface area contributed by atoms with Gasteiger partial charge in [-0.25, -0.2) is 4.68 Å². The first kappa shape index (κ1) is 24.5.